The highest BCUT2D eigenvalue weighted by Gasteiger charge is 2.67. The van der Waals surface area contributed by atoms with Gasteiger partial charge >= 0.3 is 0 Å². The van der Waals surface area contributed by atoms with Gasteiger partial charge in [0, 0.05) is 29.1 Å². The molecule has 2 aliphatic heterocycles. The predicted molar refractivity (Wildman–Crippen MR) is 133 cm³/mol. The molecule has 3 heterocycles. The predicted octanol–water partition coefficient (Wildman–Crippen LogP) is 2.89. The van der Waals surface area contributed by atoms with Gasteiger partial charge in [-0.25, -0.2) is 0 Å². The van der Waals surface area contributed by atoms with Crippen LogP contribution in [0, 0.1) is 18.3 Å². The number of allylic oxidation sites excluding steroid dienone is 2. The lowest BCUT2D eigenvalue weighted by Crippen LogP contribution is -2.62. The fourth-order valence-electron chi connectivity index (χ4n) is 7.66. The number of carbonyl (C=O) groups is 1. The molecule has 186 valence electrons. The largest absolute Gasteiger partial charge is 0.388 e. The van der Waals surface area contributed by atoms with Gasteiger partial charge in [0.1, 0.15) is 6.10 Å². The zero-order valence-corrected chi connectivity index (χ0v) is 20.9. The summed E-state index contributed by atoms with van der Waals surface area (Å²) in [6.07, 6.45) is 10.2. The molecule has 7 nitrogen and oxygen atoms in total. The number of aliphatic hydroxyl groups is 2. The Morgan fingerprint density at radius 3 is 2.80 bits per heavy atom. The van der Waals surface area contributed by atoms with Gasteiger partial charge in [0.2, 0.25) is 0 Å². The number of hydrogen-bond acceptors (Lipinski definition) is 6. The number of amides is 1. The Morgan fingerprint density at radius 2 is 2.06 bits per heavy atom. The summed E-state index contributed by atoms with van der Waals surface area (Å²) in [6, 6.07) is 3.54. The molecule has 2 spiro atoms. The molecule has 5 aliphatic rings. The SMILES string of the molecule is Cc1ncccc1NC(=O)C1=CCC2[C@]1(C)CC=C1C=C3[C@@H](O)[C@H](O)[C@@H](N(C)C)C[C@]34CC[C@@]12O4. The minimum atomic E-state index is -0.938. The number of carbonyl (C=O) groups excluding carboxylic acids is 1. The maximum Gasteiger partial charge on any atom is 0.251 e. The van der Waals surface area contributed by atoms with Crippen LogP contribution in [0.1, 0.15) is 44.7 Å². The molecular formula is C28H35N3O4. The monoisotopic (exact) mass is 477 g/mol. The minimum Gasteiger partial charge on any atom is -0.388 e. The second kappa shape index (κ2) is 7.59. The molecule has 1 unspecified atom stereocenters. The highest BCUT2D eigenvalue weighted by Crippen LogP contribution is 2.66. The molecule has 2 bridgehead atoms. The van der Waals surface area contributed by atoms with Crippen LogP contribution >= 0.6 is 0 Å². The van der Waals surface area contributed by atoms with Crippen molar-refractivity contribution in [3.8, 4) is 0 Å². The quantitative estimate of drug-likeness (QED) is 0.620. The van der Waals surface area contributed by atoms with E-state index in [9.17, 15) is 15.0 Å². The Kier molecular flexibility index (Phi) is 5.01. The van der Waals surface area contributed by atoms with Crippen LogP contribution in [0.5, 0.6) is 0 Å². The molecule has 1 saturated heterocycles. The molecule has 35 heavy (non-hydrogen) atoms. The van der Waals surface area contributed by atoms with Crippen LogP contribution in [0.25, 0.3) is 0 Å². The first kappa shape index (κ1) is 23.1. The van der Waals surface area contributed by atoms with Gasteiger partial charge in [-0.15, -0.1) is 0 Å². The standard InChI is InChI=1S/C28H35N3O4/c1-16-20(6-5-13-29-16)30-25(34)18-7-8-22-26(18,2)10-9-17-14-19-23(32)24(33)21(31(3)4)15-27(19)11-12-28(17,22)35-27/h5-7,9,13-14,21-24,32-33H,8,10-12,15H2,1-4H3,(H,30,34)/t21-,22?,23+,24+,26+,27+,28+/m0/s1. The van der Waals surface area contributed by atoms with Crippen molar-refractivity contribution in [3.63, 3.8) is 0 Å². The summed E-state index contributed by atoms with van der Waals surface area (Å²) in [5.41, 5.74) is 2.90. The summed E-state index contributed by atoms with van der Waals surface area (Å²) in [6.45, 7) is 4.09. The fourth-order valence-corrected chi connectivity index (χ4v) is 7.66. The number of pyridine rings is 1. The van der Waals surface area contributed by atoms with Crippen LogP contribution in [0.15, 0.2) is 53.3 Å². The second-order valence-electron chi connectivity index (χ2n) is 11.5. The lowest BCUT2D eigenvalue weighted by molar-refractivity contribution is -0.163. The van der Waals surface area contributed by atoms with Crippen LogP contribution in [0.2, 0.25) is 0 Å². The molecule has 3 N–H and O–H groups in total. The number of likely N-dealkylation sites (N-methyl/N-ethyl adjacent to an activating group) is 1. The topological polar surface area (TPSA) is 94.9 Å². The molecule has 1 aromatic rings. The molecule has 1 amide bonds. The van der Waals surface area contributed by atoms with Gasteiger partial charge in [-0.1, -0.05) is 25.2 Å². The smallest absolute Gasteiger partial charge is 0.251 e. The molecular weight excluding hydrogens is 442 g/mol. The van der Waals surface area contributed by atoms with Crippen molar-refractivity contribution < 1.29 is 19.7 Å². The third kappa shape index (κ3) is 3.05. The number of nitrogens with one attached hydrogen (secondary N) is 1. The Bertz CT molecular complexity index is 1190. The molecule has 0 radical (unpaired) electrons. The van der Waals surface area contributed by atoms with Gasteiger partial charge in [-0.3, -0.25) is 9.78 Å². The van der Waals surface area contributed by atoms with Crippen molar-refractivity contribution >= 4 is 11.6 Å². The second-order valence-corrected chi connectivity index (χ2v) is 11.5. The van der Waals surface area contributed by atoms with Crippen LogP contribution in [0.4, 0.5) is 5.69 Å². The third-order valence-corrected chi connectivity index (χ3v) is 9.59. The highest BCUT2D eigenvalue weighted by atomic mass is 16.5. The van der Waals surface area contributed by atoms with Gasteiger partial charge in [-0.2, -0.15) is 0 Å². The van der Waals surface area contributed by atoms with E-state index in [2.05, 4.69) is 35.5 Å². The van der Waals surface area contributed by atoms with E-state index in [1.807, 2.05) is 38.1 Å². The van der Waals surface area contributed by atoms with Gasteiger partial charge in [0.05, 0.1) is 28.7 Å². The Labute approximate surface area is 206 Å². The van der Waals surface area contributed by atoms with Crippen molar-refractivity contribution in [2.75, 3.05) is 19.4 Å². The van der Waals surface area contributed by atoms with E-state index in [0.717, 1.165) is 53.8 Å². The number of hydrogen-bond donors (Lipinski definition) is 3. The van der Waals surface area contributed by atoms with Crippen LogP contribution < -0.4 is 5.32 Å². The zero-order chi connectivity index (χ0) is 24.8. The van der Waals surface area contributed by atoms with E-state index in [-0.39, 0.29) is 23.3 Å². The van der Waals surface area contributed by atoms with Crippen molar-refractivity contribution in [1.29, 1.82) is 0 Å². The maximum atomic E-state index is 13.5. The number of nitrogens with zero attached hydrogens (tertiary/aromatic N) is 2. The molecule has 1 saturated carbocycles. The fraction of sp³-hybridized carbons (Fsp3) is 0.571. The average molecular weight is 478 g/mol. The third-order valence-electron chi connectivity index (χ3n) is 9.59. The first-order valence-corrected chi connectivity index (χ1v) is 12.7. The number of aryl methyl sites for hydroxylation is 1. The lowest BCUT2D eigenvalue weighted by atomic mass is 9.59. The molecule has 7 heteroatoms. The van der Waals surface area contributed by atoms with E-state index < -0.39 is 23.4 Å². The number of anilines is 1. The van der Waals surface area contributed by atoms with Crippen molar-refractivity contribution in [1.82, 2.24) is 9.88 Å². The molecule has 3 aliphatic carbocycles. The van der Waals surface area contributed by atoms with Crippen molar-refractivity contribution in [2.45, 2.75) is 75.4 Å². The van der Waals surface area contributed by atoms with E-state index in [4.69, 9.17) is 4.74 Å². The lowest BCUT2D eigenvalue weighted by Gasteiger charge is -2.55. The molecule has 1 aromatic heterocycles. The van der Waals surface area contributed by atoms with Crippen molar-refractivity contribution in [2.24, 2.45) is 11.3 Å². The van der Waals surface area contributed by atoms with Gasteiger partial charge in [-0.05, 0) is 76.4 Å². The molecule has 2 fully saturated rings. The van der Waals surface area contributed by atoms with Gasteiger partial charge in [0.25, 0.3) is 5.91 Å². The van der Waals surface area contributed by atoms with Crippen LogP contribution in [0.3, 0.4) is 0 Å². The Morgan fingerprint density at radius 1 is 1.26 bits per heavy atom. The van der Waals surface area contributed by atoms with Crippen LogP contribution in [-0.2, 0) is 9.53 Å². The number of rotatable bonds is 3. The normalized spacial score (nSPS) is 41.4. The summed E-state index contributed by atoms with van der Waals surface area (Å²) < 4.78 is 7.11. The molecule has 0 aromatic carbocycles. The average Bonchev–Trinajstić information content (AvgIpc) is 3.34. The zero-order valence-electron chi connectivity index (χ0n) is 20.9. The van der Waals surface area contributed by atoms with Gasteiger partial charge < -0.3 is 25.2 Å². The van der Waals surface area contributed by atoms with Gasteiger partial charge in [0.15, 0.2) is 0 Å². The van der Waals surface area contributed by atoms with E-state index >= 15 is 0 Å². The van der Waals surface area contributed by atoms with E-state index in [1.54, 1.807) is 6.20 Å². The first-order chi connectivity index (χ1) is 16.6. The molecule has 6 rings (SSSR count). The van der Waals surface area contributed by atoms with Crippen LogP contribution in [-0.4, -0.2) is 69.6 Å². The Balaban J connectivity index is 1.34. The summed E-state index contributed by atoms with van der Waals surface area (Å²) in [7, 11) is 3.89. The summed E-state index contributed by atoms with van der Waals surface area (Å²) in [4.78, 5) is 19.8. The summed E-state index contributed by atoms with van der Waals surface area (Å²) in [5, 5.41) is 25.0. The Hall–Kier alpha value is -2.32. The highest BCUT2D eigenvalue weighted by molar-refractivity contribution is 6.05. The number of aliphatic hydroxyl groups excluding tert-OH is 2. The van der Waals surface area contributed by atoms with E-state index in [0.29, 0.717) is 6.42 Å². The number of aromatic nitrogens is 1. The number of fused-ring (bicyclic) bond motifs is 1. The van der Waals surface area contributed by atoms with E-state index in [1.165, 1.54) is 0 Å². The number of ether oxygens (including phenoxy) is 1. The summed E-state index contributed by atoms with van der Waals surface area (Å²) >= 11 is 0. The maximum absolute atomic E-state index is 13.5. The van der Waals surface area contributed by atoms with Crippen molar-refractivity contribution in [3.05, 3.63) is 59.0 Å². The molecule has 7 atom stereocenters. The minimum absolute atomic E-state index is 0.0667. The summed E-state index contributed by atoms with van der Waals surface area (Å²) in [5.74, 6) is 0.0766. The first-order valence-electron chi connectivity index (χ1n) is 12.7.